The lowest BCUT2D eigenvalue weighted by Gasteiger charge is -2.23. The maximum Gasteiger partial charge on any atom is 0.416 e. The minimum Gasteiger partial charge on any atom is -0.486 e. The molecule has 5 rings (SSSR count). The summed E-state index contributed by atoms with van der Waals surface area (Å²) in [5, 5.41) is 3.56. The van der Waals surface area contributed by atoms with Gasteiger partial charge in [-0.25, -0.2) is 14.2 Å². The molecule has 1 aromatic heterocycles. The van der Waals surface area contributed by atoms with E-state index in [1.807, 2.05) is 0 Å². The number of nitrogens with zero attached hydrogens (tertiary/aromatic N) is 2. The number of hydrogen-bond acceptors (Lipinski definition) is 7. The van der Waals surface area contributed by atoms with Crippen LogP contribution in [0.4, 0.5) is 9.18 Å². The predicted octanol–water partition coefficient (Wildman–Crippen LogP) is 4.67. The molecule has 188 valence electrons. The fraction of sp³-hybridized carbons (Fsp3) is 0.346. The molecule has 8 nitrogen and oxygen atoms in total. The molecule has 1 aliphatic heterocycles. The van der Waals surface area contributed by atoms with Crippen LogP contribution in [0, 0.1) is 18.7 Å². The molecule has 0 spiro atoms. The van der Waals surface area contributed by atoms with Crippen molar-refractivity contribution in [3.8, 4) is 27.8 Å². The second-order valence-corrected chi connectivity index (χ2v) is 9.92. The Balaban J connectivity index is 1.24. The SMILES string of the molecule is Cc1nc(OC(=O)N(CCNC(=O)c2cccc3c2OCCO3)CC2CC2)c(-c2cccc(F)c2)s1. The van der Waals surface area contributed by atoms with E-state index < -0.39 is 6.09 Å². The average Bonchev–Trinajstić information content (AvgIpc) is 3.62. The maximum absolute atomic E-state index is 13.8. The number of para-hydroxylation sites is 1. The van der Waals surface area contributed by atoms with Gasteiger partial charge in [0.1, 0.15) is 19.0 Å². The number of amides is 2. The van der Waals surface area contributed by atoms with E-state index in [0.29, 0.717) is 58.2 Å². The second kappa shape index (κ2) is 10.5. The number of aryl methyl sites for hydroxylation is 1. The van der Waals surface area contributed by atoms with Gasteiger partial charge < -0.3 is 24.4 Å². The van der Waals surface area contributed by atoms with Gasteiger partial charge in [0.25, 0.3) is 5.91 Å². The molecular weight excluding hydrogens is 485 g/mol. The molecule has 2 aromatic carbocycles. The van der Waals surface area contributed by atoms with Crippen molar-refractivity contribution in [2.75, 3.05) is 32.8 Å². The zero-order valence-corrected chi connectivity index (χ0v) is 20.6. The molecule has 10 heteroatoms. The van der Waals surface area contributed by atoms with E-state index in [1.54, 1.807) is 42.2 Å². The molecule has 0 radical (unpaired) electrons. The van der Waals surface area contributed by atoms with Gasteiger partial charge in [-0.1, -0.05) is 18.2 Å². The number of thiazole rings is 1. The first-order valence-electron chi connectivity index (χ1n) is 11.8. The molecule has 36 heavy (non-hydrogen) atoms. The van der Waals surface area contributed by atoms with E-state index in [-0.39, 0.29) is 30.7 Å². The molecule has 1 aliphatic carbocycles. The first kappa shape index (κ1) is 24.1. The Bertz CT molecular complexity index is 1280. The van der Waals surface area contributed by atoms with Gasteiger partial charge in [-0.05, 0) is 49.9 Å². The Morgan fingerprint density at radius 2 is 2.00 bits per heavy atom. The molecule has 0 saturated heterocycles. The van der Waals surface area contributed by atoms with E-state index in [2.05, 4.69) is 10.3 Å². The number of ether oxygens (including phenoxy) is 3. The highest BCUT2D eigenvalue weighted by molar-refractivity contribution is 7.15. The van der Waals surface area contributed by atoms with Crippen LogP contribution in [0.25, 0.3) is 10.4 Å². The molecule has 1 saturated carbocycles. The third kappa shape index (κ3) is 5.59. The number of benzene rings is 2. The fourth-order valence-corrected chi connectivity index (χ4v) is 4.80. The van der Waals surface area contributed by atoms with E-state index in [0.717, 1.165) is 12.8 Å². The van der Waals surface area contributed by atoms with Gasteiger partial charge in [0.2, 0.25) is 5.88 Å². The van der Waals surface area contributed by atoms with Crippen molar-refractivity contribution < 1.29 is 28.2 Å². The summed E-state index contributed by atoms with van der Waals surface area (Å²) in [5.41, 5.74) is 0.989. The molecule has 1 N–H and O–H groups in total. The minimum atomic E-state index is -0.548. The zero-order chi connectivity index (χ0) is 25.1. The lowest BCUT2D eigenvalue weighted by atomic mass is 10.1. The lowest BCUT2D eigenvalue weighted by Crippen LogP contribution is -2.41. The Morgan fingerprint density at radius 3 is 2.81 bits per heavy atom. The van der Waals surface area contributed by atoms with Crippen molar-refractivity contribution in [1.82, 2.24) is 15.2 Å². The summed E-state index contributed by atoms with van der Waals surface area (Å²) < 4.78 is 30.6. The molecule has 2 aliphatic rings. The number of fused-ring (bicyclic) bond motifs is 1. The van der Waals surface area contributed by atoms with Gasteiger partial charge in [0, 0.05) is 25.2 Å². The fourth-order valence-electron chi connectivity index (χ4n) is 3.96. The summed E-state index contributed by atoms with van der Waals surface area (Å²) in [6.45, 7) is 3.66. The number of halogens is 1. The van der Waals surface area contributed by atoms with Crippen molar-refractivity contribution in [2.24, 2.45) is 5.92 Å². The Hall–Kier alpha value is -3.66. The number of nitrogens with one attached hydrogen (secondary N) is 1. The van der Waals surface area contributed by atoms with E-state index in [4.69, 9.17) is 14.2 Å². The van der Waals surface area contributed by atoms with Gasteiger partial charge >= 0.3 is 6.09 Å². The van der Waals surface area contributed by atoms with Crippen molar-refractivity contribution in [3.63, 3.8) is 0 Å². The summed E-state index contributed by atoms with van der Waals surface area (Å²) in [6, 6.07) is 11.3. The third-order valence-corrected chi connectivity index (χ3v) is 6.89. The van der Waals surface area contributed by atoms with Crippen molar-refractivity contribution in [2.45, 2.75) is 19.8 Å². The van der Waals surface area contributed by atoms with Crippen LogP contribution in [0.3, 0.4) is 0 Å². The van der Waals surface area contributed by atoms with E-state index in [9.17, 15) is 14.0 Å². The summed E-state index contributed by atoms with van der Waals surface area (Å²) >= 11 is 1.33. The predicted molar refractivity (Wildman–Crippen MR) is 132 cm³/mol. The van der Waals surface area contributed by atoms with Gasteiger partial charge in [-0.15, -0.1) is 11.3 Å². The molecule has 0 atom stereocenters. The third-order valence-electron chi connectivity index (χ3n) is 5.89. The molecule has 0 bridgehead atoms. The van der Waals surface area contributed by atoms with Gasteiger partial charge in [-0.3, -0.25) is 4.79 Å². The van der Waals surface area contributed by atoms with E-state index >= 15 is 0 Å². The molecule has 0 unspecified atom stereocenters. The maximum atomic E-state index is 13.8. The van der Waals surface area contributed by atoms with Gasteiger partial charge in [0.05, 0.1) is 15.4 Å². The second-order valence-electron chi connectivity index (χ2n) is 8.72. The van der Waals surface area contributed by atoms with Crippen molar-refractivity contribution in [1.29, 1.82) is 0 Å². The zero-order valence-electron chi connectivity index (χ0n) is 19.8. The van der Waals surface area contributed by atoms with Crippen LogP contribution >= 0.6 is 11.3 Å². The Kier molecular flexibility index (Phi) is 7.04. The monoisotopic (exact) mass is 511 g/mol. The van der Waals surface area contributed by atoms with E-state index in [1.165, 1.54) is 23.5 Å². The van der Waals surface area contributed by atoms with Crippen LogP contribution in [-0.2, 0) is 0 Å². The van der Waals surface area contributed by atoms with Crippen LogP contribution in [-0.4, -0.2) is 54.7 Å². The molecular formula is C26H26FN3O5S. The first-order valence-corrected chi connectivity index (χ1v) is 12.7. The summed E-state index contributed by atoms with van der Waals surface area (Å²) in [4.78, 5) is 32.5. The first-order chi connectivity index (χ1) is 17.5. The number of aromatic nitrogens is 1. The highest BCUT2D eigenvalue weighted by atomic mass is 32.1. The van der Waals surface area contributed by atoms with Crippen LogP contribution in [0.2, 0.25) is 0 Å². The smallest absolute Gasteiger partial charge is 0.416 e. The molecule has 1 fully saturated rings. The standard InChI is InChI=1S/C26H26FN3O5S/c1-16-29-25(23(36-16)18-4-2-5-19(27)14-18)35-26(32)30(15-17-8-9-17)11-10-28-24(31)20-6-3-7-21-22(20)34-13-12-33-21/h2-7,14,17H,8-13,15H2,1H3,(H,28,31). The summed E-state index contributed by atoms with van der Waals surface area (Å²) in [7, 11) is 0. The molecule has 2 amide bonds. The number of carbonyl (C=O) groups is 2. The molecule has 3 aromatic rings. The minimum absolute atomic E-state index is 0.158. The molecule has 2 heterocycles. The summed E-state index contributed by atoms with van der Waals surface area (Å²) in [6.07, 6.45) is 1.55. The number of carbonyl (C=O) groups excluding carboxylic acids is 2. The highest BCUT2D eigenvalue weighted by Crippen LogP contribution is 2.37. The summed E-state index contributed by atoms with van der Waals surface area (Å²) in [5.74, 6) is 0.866. The Morgan fingerprint density at radius 1 is 1.19 bits per heavy atom. The van der Waals surface area contributed by atoms with Crippen molar-refractivity contribution in [3.05, 3.63) is 58.9 Å². The largest absolute Gasteiger partial charge is 0.486 e. The lowest BCUT2D eigenvalue weighted by molar-refractivity contribution is 0.0933. The van der Waals surface area contributed by atoms with Crippen LogP contribution in [0.5, 0.6) is 17.4 Å². The van der Waals surface area contributed by atoms with Crippen molar-refractivity contribution >= 4 is 23.3 Å². The average molecular weight is 512 g/mol. The van der Waals surface area contributed by atoms with Gasteiger partial charge in [0.15, 0.2) is 11.5 Å². The number of hydrogen-bond donors (Lipinski definition) is 1. The number of rotatable bonds is 8. The van der Waals surface area contributed by atoms with Crippen LogP contribution < -0.4 is 19.5 Å². The highest BCUT2D eigenvalue weighted by Gasteiger charge is 2.29. The van der Waals surface area contributed by atoms with Crippen LogP contribution in [0.1, 0.15) is 28.2 Å². The topological polar surface area (TPSA) is 90.0 Å². The van der Waals surface area contributed by atoms with Crippen LogP contribution in [0.15, 0.2) is 42.5 Å². The van der Waals surface area contributed by atoms with Gasteiger partial charge in [-0.2, -0.15) is 0 Å². The normalized spacial score (nSPS) is 14.3. The quantitative estimate of drug-likeness (QED) is 0.473. The Labute approximate surface area is 212 Å².